The zero-order valence-electron chi connectivity index (χ0n) is 9.99. The van der Waals surface area contributed by atoms with Crippen molar-refractivity contribution in [2.45, 2.75) is 30.4 Å². The summed E-state index contributed by atoms with van der Waals surface area (Å²) < 4.78 is 4.39. The minimum atomic E-state index is 0.482. The van der Waals surface area contributed by atoms with Gasteiger partial charge in [-0.25, -0.2) is 0 Å². The number of carbonyl (C=O) groups excluding carboxylic acids is 1. The van der Waals surface area contributed by atoms with E-state index in [0.29, 0.717) is 13.1 Å². The molecule has 0 saturated heterocycles. The lowest BCUT2D eigenvalue weighted by Gasteiger charge is -1.96. The van der Waals surface area contributed by atoms with Crippen LogP contribution in [0.5, 0.6) is 0 Å². The lowest BCUT2D eigenvalue weighted by atomic mass is 10.2. The van der Waals surface area contributed by atoms with Crippen LogP contribution in [0.4, 0.5) is 0 Å². The fourth-order valence-corrected chi connectivity index (χ4v) is 1.74. The second kappa shape index (κ2) is 12.1. The van der Waals surface area contributed by atoms with E-state index in [2.05, 4.69) is 60.9 Å². The summed E-state index contributed by atoms with van der Waals surface area (Å²) in [4.78, 5) is 9.46. The van der Waals surface area contributed by atoms with Crippen LogP contribution in [0.2, 0.25) is 0 Å². The molecule has 2 nitrogen and oxygen atoms in total. The Morgan fingerprint density at radius 1 is 1.12 bits per heavy atom. The second-order valence-electron chi connectivity index (χ2n) is 3.40. The molecule has 0 aliphatic carbocycles. The molecule has 0 atom stereocenters. The van der Waals surface area contributed by atoms with E-state index in [0.717, 1.165) is 23.5 Å². The number of benzene rings is 1. The summed E-state index contributed by atoms with van der Waals surface area (Å²) >= 11 is 6.78. The molecule has 0 amide bonds. The maximum Gasteiger partial charge on any atom is 0.293 e. The normalized spacial score (nSPS) is 9.12. The molecule has 1 rings (SSSR count). The molecule has 0 unspecified atom stereocenters. The monoisotopic (exact) mass is 364 g/mol. The van der Waals surface area contributed by atoms with Gasteiger partial charge in [-0.3, -0.25) is 4.79 Å². The minimum absolute atomic E-state index is 0.482. The van der Waals surface area contributed by atoms with Gasteiger partial charge in [-0.15, -0.1) is 0 Å². The molecule has 0 aliphatic heterocycles. The standard InChI is InChI=1S/C8H8Br2.C5H10O2/c9-5-7-1-2-8(6-10)4-3-7;1-2-3-4-7-5-6/h1-4H,5-6H2;5H,2-4H2,1H3. The van der Waals surface area contributed by atoms with E-state index >= 15 is 0 Å². The topological polar surface area (TPSA) is 26.3 Å². The van der Waals surface area contributed by atoms with E-state index in [9.17, 15) is 4.79 Å². The molecule has 0 fully saturated rings. The lowest BCUT2D eigenvalue weighted by molar-refractivity contribution is -0.128. The third-order valence-corrected chi connectivity index (χ3v) is 3.31. The van der Waals surface area contributed by atoms with Crippen molar-refractivity contribution in [1.82, 2.24) is 0 Å². The number of rotatable bonds is 6. The van der Waals surface area contributed by atoms with Crippen molar-refractivity contribution in [3.8, 4) is 0 Å². The smallest absolute Gasteiger partial charge is 0.293 e. The van der Waals surface area contributed by atoms with Crippen molar-refractivity contribution in [2.75, 3.05) is 6.61 Å². The van der Waals surface area contributed by atoms with Gasteiger partial charge in [-0.2, -0.15) is 0 Å². The van der Waals surface area contributed by atoms with Gasteiger partial charge in [0.2, 0.25) is 0 Å². The number of alkyl halides is 2. The molecule has 0 heterocycles. The zero-order chi connectivity index (χ0) is 12.9. The molecule has 17 heavy (non-hydrogen) atoms. The van der Waals surface area contributed by atoms with E-state index in [4.69, 9.17) is 0 Å². The van der Waals surface area contributed by atoms with Gasteiger partial charge < -0.3 is 4.74 Å². The molecule has 1 aromatic rings. The molecule has 0 aromatic heterocycles. The van der Waals surface area contributed by atoms with Gasteiger partial charge in [-0.05, 0) is 17.5 Å². The Balaban J connectivity index is 0.000000325. The third kappa shape index (κ3) is 9.36. The number of ether oxygens (including phenoxy) is 1. The number of halogens is 2. The van der Waals surface area contributed by atoms with Crippen molar-refractivity contribution in [3.63, 3.8) is 0 Å². The summed E-state index contributed by atoms with van der Waals surface area (Å²) in [5, 5.41) is 1.88. The summed E-state index contributed by atoms with van der Waals surface area (Å²) in [6, 6.07) is 8.52. The van der Waals surface area contributed by atoms with E-state index < -0.39 is 0 Å². The maximum atomic E-state index is 9.46. The fraction of sp³-hybridized carbons (Fsp3) is 0.462. The predicted molar refractivity (Wildman–Crippen MR) is 78.6 cm³/mol. The molecule has 0 aliphatic rings. The number of unbranched alkanes of at least 4 members (excludes halogenated alkanes) is 1. The number of hydrogen-bond acceptors (Lipinski definition) is 2. The van der Waals surface area contributed by atoms with Crippen LogP contribution in [-0.4, -0.2) is 13.1 Å². The van der Waals surface area contributed by atoms with Gasteiger partial charge in [0.25, 0.3) is 6.47 Å². The van der Waals surface area contributed by atoms with Gasteiger partial charge in [-0.1, -0.05) is 69.5 Å². The van der Waals surface area contributed by atoms with Gasteiger partial charge >= 0.3 is 0 Å². The van der Waals surface area contributed by atoms with Crippen LogP contribution in [0.1, 0.15) is 30.9 Å². The summed E-state index contributed by atoms with van der Waals surface area (Å²) in [6.07, 6.45) is 2.05. The van der Waals surface area contributed by atoms with Crippen LogP contribution in [0.25, 0.3) is 0 Å². The van der Waals surface area contributed by atoms with Crippen molar-refractivity contribution in [1.29, 1.82) is 0 Å². The highest BCUT2D eigenvalue weighted by Crippen LogP contribution is 2.09. The summed E-state index contributed by atoms with van der Waals surface area (Å²) in [6.45, 7) is 3.10. The Labute approximate surface area is 120 Å². The van der Waals surface area contributed by atoms with Crippen LogP contribution in [0, 0.1) is 0 Å². The quantitative estimate of drug-likeness (QED) is 0.423. The first kappa shape index (κ1) is 16.6. The summed E-state index contributed by atoms with van der Waals surface area (Å²) in [5.74, 6) is 0. The number of hydrogen-bond donors (Lipinski definition) is 0. The lowest BCUT2D eigenvalue weighted by Crippen LogP contribution is -1.88. The fourth-order valence-electron chi connectivity index (χ4n) is 0.993. The van der Waals surface area contributed by atoms with Crippen molar-refractivity contribution in [2.24, 2.45) is 0 Å². The maximum absolute atomic E-state index is 9.46. The zero-order valence-corrected chi connectivity index (χ0v) is 13.2. The molecule has 96 valence electrons. The summed E-state index contributed by atoms with van der Waals surface area (Å²) in [7, 11) is 0. The van der Waals surface area contributed by atoms with E-state index in [1.807, 2.05) is 6.92 Å². The molecule has 0 spiro atoms. The Morgan fingerprint density at radius 3 is 1.88 bits per heavy atom. The van der Waals surface area contributed by atoms with E-state index in [1.54, 1.807) is 0 Å². The largest absolute Gasteiger partial charge is 0.468 e. The van der Waals surface area contributed by atoms with Gasteiger partial charge in [0.15, 0.2) is 0 Å². The first-order valence-electron chi connectivity index (χ1n) is 5.53. The van der Waals surface area contributed by atoms with Crippen molar-refractivity contribution < 1.29 is 9.53 Å². The Hall–Kier alpha value is -0.350. The van der Waals surface area contributed by atoms with Crippen LogP contribution in [0.3, 0.4) is 0 Å². The van der Waals surface area contributed by atoms with E-state index in [1.165, 1.54) is 11.1 Å². The van der Waals surface area contributed by atoms with Gasteiger partial charge in [0.05, 0.1) is 6.61 Å². The van der Waals surface area contributed by atoms with Crippen LogP contribution in [-0.2, 0) is 20.2 Å². The molecule has 4 heteroatoms. The second-order valence-corrected chi connectivity index (χ2v) is 4.53. The van der Waals surface area contributed by atoms with Gasteiger partial charge in [0.1, 0.15) is 0 Å². The van der Waals surface area contributed by atoms with E-state index in [-0.39, 0.29) is 0 Å². The average molecular weight is 366 g/mol. The first-order chi connectivity index (χ1) is 8.28. The van der Waals surface area contributed by atoms with Crippen molar-refractivity contribution >= 4 is 38.3 Å². The van der Waals surface area contributed by atoms with Crippen molar-refractivity contribution in [3.05, 3.63) is 35.4 Å². The minimum Gasteiger partial charge on any atom is -0.468 e. The predicted octanol–water partition coefficient (Wildman–Crippen LogP) is 4.44. The molecule has 0 saturated carbocycles. The average Bonchev–Trinajstić information content (AvgIpc) is 2.40. The van der Waals surface area contributed by atoms with Gasteiger partial charge in [0, 0.05) is 10.7 Å². The number of carbonyl (C=O) groups is 1. The molecule has 1 aromatic carbocycles. The summed E-state index contributed by atoms with van der Waals surface area (Å²) in [5.41, 5.74) is 2.65. The highest BCUT2D eigenvalue weighted by Gasteiger charge is 1.89. The Morgan fingerprint density at radius 2 is 1.59 bits per heavy atom. The van der Waals surface area contributed by atoms with Crippen LogP contribution in [0.15, 0.2) is 24.3 Å². The molecule has 0 bridgehead atoms. The van der Waals surface area contributed by atoms with Crippen LogP contribution >= 0.6 is 31.9 Å². The highest BCUT2D eigenvalue weighted by atomic mass is 79.9. The molecule has 0 radical (unpaired) electrons. The molecule has 0 N–H and O–H groups in total. The highest BCUT2D eigenvalue weighted by molar-refractivity contribution is 9.08. The Kier molecular flexibility index (Phi) is 11.9. The third-order valence-electron chi connectivity index (χ3n) is 2.02. The first-order valence-corrected chi connectivity index (χ1v) is 7.77. The SMILES string of the molecule is BrCc1ccc(CBr)cc1.CCCCOC=O. The molecular weight excluding hydrogens is 348 g/mol. The molecular formula is C13H18Br2O2. The Bertz CT molecular complexity index is 263. The van der Waals surface area contributed by atoms with Crippen LogP contribution < -0.4 is 0 Å².